The summed E-state index contributed by atoms with van der Waals surface area (Å²) in [5, 5.41) is 0. The van der Waals surface area contributed by atoms with Gasteiger partial charge in [-0.05, 0) is 50.4 Å². The molecule has 0 aromatic heterocycles. The predicted molar refractivity (Wildman–Crippen MR) is 84.5 cm³/mol. The number of esters is 1. The lowest BCUT2D eigenvalue weighted by molar-refractivity contribution is -0.173. The van der Waals surface area contributed by atoms with E-state index in [9.17, 15) is 4.79 Å². The van der Waals surface area contributed by atoms with E-state index in [4.69, 9.17) is 4.74 Å². The van der Waals surface area contributed by atoms with E-state index in [2.05, 4.69) is 41.5 Å². The maximum Gasteiger partial charge on any atom is 0.311 e. The highest BCUT2D eigenvalue weighted by Crippen LogP contribution is 2.44. The molecule has 0 spiro atoms. The van der Waals surface area contributed by atoms with Crippen molar-refractivity contribution in [2.24, 2.45) is 28.6 Å². The quantitative estimate of drug-likeness (QED) is 0.676. The van der Waals surface area contributed by atoms with Crippen LogP contribution in [-0.4, -0.2) is 12.1 Å². The molecule has 4 atom stereocenters. The van der Waals surface area contributed by atoms with Crippen LogP contribution in [0.25, 0.3) is 0 Å². The molecule has 0 aromatic rings. The van der Waals surface area contributed by atoms with Crippen molar-refractivity contribution in [2.75, 3.05) is 0 Å². The van der Waals surface area contributed by atoms with Crippen LogP contribution in [0.3, 0.4) is 0 Å². The molecule has 20 heavy (non-hydrogen) atoms. The van der Waals surface area contributed by atoms with Gasteiger partial charge >= 0.3 is 5.97 Å². The van der Waals surface area contributed by atoms with Crippen molar-refractivity contribution in [3.63, 3.8) is 0 Å². The van der Waals surface area contributed by atoms with Crippen LogP contribution in [0, 0.1) is 28.6 Å². The van der Waals surface area contributed by atoms with Gasteiger partial charge in [0.15, 0.2) is 0 Å². The highest BCUT2D eigenvalue weighted by Gasteiger charge is 2.43. The first-order valence-corrected chi connectivity index (χ1v) is 8.20. The summed E-state index contributed by atoms with van der Waals surface area (Å²) >= 11 is 0. The molecule has 0 amide bonds. The van der Waals surface area contributed by atoms with Crippen LogP contribution in [0.2, 0.25) is 0 Å². The maximum absolute atomic E-state index is 12.4. The number of hydrogen-bond acceptors (Lipinski definition) is 2. The van der Waals surface area contributed by atoms with Gasteiger partial charge in [0.2, 0.25) is 0 Å². The van der Waals surface area contributed by atoms with Gasteiger partial charge in [0.1, 0.15) is 6.10 Å². The first kappa shape index (κ1) is 17.5. The third-order valence-corrected chi connectivity index (χ3v) is 5.18. The molecule has 0 heterocycles. The van der Waals surface area contributed by atoms with Crippen LogP contribution >= 0.6 is 0 Å². The lowest BCUT2D eigenvalue weighted by atomic mass is 9.64. The Kier molecular flexibility index (Phi) is 5.32. The van der Waals surface area contributed by atoms with Crippen LogP contribution < -0.4 is 0 Å². The standard InChI is InChI=1S/C18H34O2/c1-9-18(7,8)16(19)20-15-13(3)10-12(2)11-14(15)17(4,5)6/h12-15H,9-11H2,1-8H3. The van der Waals surface area contributed by atoms with Gasteiger partial charge < -0.3 is 4.74 Å². The second kappa shape index (κ2) is 6.07. The van der Waals surface area contributed by atoms with Crippen molar-refractivity contribution in [3.8, 4) is 0 Å². The monoisotopic (exact) mass is 282 g/mol. The second-order valence-corrected chi connectivity index (χ2v) is 8.63. The van der Waals surface area contributed by atoms with E-state index in [-0.39, 0.29) is 22.9 Å². The molecule has 1 saturated carbocycles. The number of carbonyl (C=O) groups is 1. The summed E-state index contributed by atoms with van der Waals surface area (Å²) < 4.78 is 6.01. The maximum atomic E-state index is 12.4. The molecule has 0 bridgehead atoms. The lowest BCUT2D eigenvalue weighted by Crippen LogP contribution is -2.46. The summed E-state index contributed by atoms with van der Waals surface area (Å²) in [5.74, 6) is 1.61. The van der Waals surface area contributed by atoms with Gasteiger partial charge in [-0.3, -0.25) is 4.79 Å². The average Bonchev–Trinajstić information content (AvgIpc) is 2.30. The van der Waals surface area contributed by atoms with Crippen molar-refractivity contribution in [1.29, 1.82) is 0 Å². The fourth-order valence-corrected chi connectivity index (χ4v) is 3.30. The van der Waals surface area contributed by atoms with E-state index in [1.54, 1.807) is 0 Å². The fourth-order valence-electron chi connectivity index (χ4n) is 3.30. The molecule has 0 aliphatic heterocycles. The molecule has 1 aliphatic carbocycles. The molecule has 2 nitrogen and oxygen atoms in total. The first-order valence-electron chi connectivity index (χ1n) is 8.20. The van der Waals surface area contributed by atoms with Crippen molar-refractivity contribution in [3.05, 3.63) is 0 Å². The molecule has 2 heteroatoms. The molecular formula is C18H34O2. The Bertz CT molecular complexity index is 338. The van der Waals surface area contributed by atoms with Crippen molar-refractivity contribution < 1.29 is 9.53 Å². The van der Waals surface area contributed by atoms with Gasteiger partial charge in [-0.1, -0.05) is 41.5 Å². The molecule has 0 aromatic carbocycles. The molecule has 118 valence electrons. The van der Waals surface area contributed by atoms with Gasteiger partial charge in [0, 0.05) is 5.92 Å². The van der Waals surface area contributed by atoms with E-state index in [0.717, 1.165) is 18.8 Å². The normalized spacial score (nSPS) is 32.0. The molecule has 1 aliphatic rings. The number of ether oxygens (including phenoxy) is 1. The minimum atomic E-state index is -0.370. The van der Waals surface area contributed by atoms with Gasteiger partial charge in [0.25, 0.3) is 0 Å². The highest BCUT2D eigenvalue weighted by atomic mass is 16.5. The highest BCUT2D eigenvalue weighted by molar-refractivity contribution is 5.76. The minimum Gasteiger partial charge on any atom is -0.461 e. The number of carbonyl (C=O) groups excluding carboxylic acids is 1. The topological polar surface area (TPSA) is 26.3 Å². The predicted octanol–water partition coefficient (Wildman–Crippen LogP) is 5.06. The Balaban J connectivity index is 2.91. The molecular weight excluding hydrogens is 248 g/mol. The summed E-state index contributed by atoms with van der Waals surface area (Å²) in [6, 6.07) is 0. The first-order chi connectivity index (χ1) is 8.99. The van der Waals surface area contributed by atoms with E-state index in [0.29, 0.717) is 11.8 Å². The third kappa shape index (κ3) is 3.99. The van der Waals surface area contributed by atoms with E-state index < -0.39 is 0 Å². The Morgan fingerprint density at radius 1 is 1.10 bits per heavy atom. The summed E-state index contributed by atoms with van der Waals surface area (Å²) in [7, 11) is 0. The SMILES string of the molecule is CCC(C)(C)C(=O)OC1C(C)CC(C)CC1C(C)(C)C. The summed E-state index contributed by atoms with van der Waals surface area (Å²) in [5.41, 5.74) is -0.185. The summed E-state index contributed by atoms with van der Waals surface area (Å²) in [4.78, 5) is 12.4. The average molecular weight is 282 g/mol. The smallest absolute Gasteiger partial charge is 0.311 e. The molecule has 1 fully saturated rings. The molecule has 1 rings (SSSR count). The molecule has 0 N–H and O–H groups in total. The van der Waals surface area contributed by atoms with Gasteiger partial charge in [-0.15, -0.1) is 0 Å². The lowest BCUT2D eigenvalue weighted by Gasteiger charge is -2.46. The van der Waals surface area contributed by atoms with Crippen molar-refractivity contribution in [2.45, 2.75) is 80.8 Å². The van der Waals surface area contributed by atoms with Crippen molar-refractivity contribution in [1.82, 2.24) is 0 Å². The summed E-state index contributed by atoms with van der Waals surface area (Å²) in [6.07, 6.45) is 3.23. The largest absolute Gasteiger partial charge is 0.461 e. The van der Waals surface area contributed by atoms with Crippen LogP contribution in [0.4, 0.5) is 0 Å². The molecule has 0 saturated heterocycles. The van der Waals surface area contributed by atoms with E-state index in [1.165, 1.54) is 6.42 Å². The van der Waals surface area contributed by atoms with Gasteiger partial charge in [0.05, 0.1) is 5.41 Å². The Morgan fingerprint density at radius 2 is 1.65 bits per heavy atom. The third-order valence-electron chi connectivity index (χ3n) is 5.18. The number of hydrogen-bond donors (Lipinski definition) is 0. The van der Waals surface area contributed by atoms with Gasteiger partial charge in [-0.2, -0.15) is 0 Å². The van der Waals surface area contributed by atoms with Crippen molar-refractivity contribution >= 4 is 5.97 Å². The van der Waals surface area contributed by atoms with Crippen LogP contribution in [0.15, 0.2) is 0 Å². The van der Waals surface area contributed by atoms with Crippen LogP contribution in [0.1, 0.15) is 74.7 Å². The zero-order chi connectivity index (χ0) is 15.7. The minimum absolute atomic E-state index is 0.0272. The number of rotatable bonds is 3. The van der Waals surface area contributed by atoms with Crippen LogP contribution in [0.5, 0.6) is 0 Å². The molecule has 4 unspecified atom stereocenters. The van der Waals surface area contributed by atoms with Gasteiger partial charge in [-0.25, -0.2) is 0 Å². The Hall–Kier alpha value is -0.530. The summed E-state index contributed by atoms with van der Waals surface area (Å²) in [6.45, 7) is 17.4. The second-order valence-electron chi connectivity index (χ2n) is 8.63. The van der Waals surface area contributed by atoms with E-state index >= 15 is 0 Å². The van der Waals surface area contributed by atoms with Crippen LogP contribution in [-0.2, 0) is 9.53 Å². The van der Waals surface area contributed by atoms with E-state index in [1.807, 2.05) is 13.8 Å². The Morgan fingerprint density at radius 3 is 2.10 bits per heavy atom. The Labute approximate surface area is 125 Å². The fraction of sp³-hybridized carbons (Fsp3) is 0.944. The molecule has 0 radical (unpaired) electrons. The zero-order valence-corrected chi connectivity index (χ0v) is 14.7. The zero-order valence-electron chi connectivity index (χ0n) is 14.7.